The van der Waals surface area contributed by atoms with E-state index in [1.54, 1.807) is 36.4 Å². The molecule has 6 nitrogen and oxygen atoms in total. The first-order chi connectivity index (χ1) is 12.6. The minimum Gasteiger partial charge on any atom is -0.399 e. The summed E-state index contributed by atoms with van der Waals surface area (Å²) in [5.74, 6) is -0.259. The minimum absolute atomic E-state index is 0.117. The van der Waals surface area contributed by atoms with Crippen molar-refractivity contribution in [3.05, 3.63) is 59.7 Å². The number of amides is 2. The summed E-state index contributed by atoms with van der Waals surface area (Å²) >= 11 is 0. The molecule has 0 saturated carbocycles. The van der Waals surface area contributed by atoms with Crippen LogP contribution in [-0.2, 0) is 16.0 Å². The number of nitrogens with two attached hydrogens (primary N) is 1. The van der Waals surface area contributed by atoms with Gasteiger partial charge in [-0.3, -0.25) is 9.59 Å². The van der Waals surface area contributed by atoms with Gasteiger partial charge >= 0.3 is 0 Å². The lowest BCUT2D eigenvalue weighted by atomic mass is 10.1. The molecule has 1 unspecified atom stereocenters. The second-order valence-corrected chi connectivity index (χ2v) is 6.39. The van der Waals surface area contributed by atoms with E-state index < -0.39 is 0 Å². The van der Waals surface area contributed by atoms with Gasteiger partial charge in [-0.15, -0.1) is 0 Å². The highest BCUT2D eigenvalue weighted by Crippen LogP contribution is 2.13. The predicted octanol–water partition coefficient (Wildman–Crippen LogP) is 2.36. The first kappa shape index (κ1) is 17.9. The van der Waals surface area contributed by atoms with Crippen LogP contribution in [0.5, 0.6) is 0 Å². The molecule has 2 amide bonds. The second kappa shape index (κ2) is 8.49. The van der Waals surface area contributed by atoms with Crippen LogP contribution in [0.3, 0.4) is 0 Å². The first-order valence-corrected chi connectivity index (χ1v) is 8.74. The van der Waals surface area contributed by atoms with Gasteiger partial charge in [-0.2, -0.15) is 0 Å². The Morgan fingerprint density at radius 1 is 1.08 bits per heavy atom. The third-order valence-electron chi connectivity index (χ3n) is 4.29. The minimum atomic E-state index is -0.139. The zero-order valence-corrected chi connectivity index (χ0v) is 14.5. The van der Waals surface area contributed by atoms with Crippen molar-refractivity contribution in [3.63, 3.8) is 0 Å². The Morgan fingerprint density at radius 3 is 2.46 bits per heavy atom. The smallest absolute Gasteiger partial charge is 0.251 e. The van der Waals surface area contributed by atoms with Gasteiger partial charge in [0.25, 0.3) is 5.91 Å². The van der Waals surface area contributed by atoms with Gasteiger partial charge in [0.2, 0.25) is 5.91 Å². The van der Waals surface area contributed by atoms with E-state index in [4.69, 9.17) is 10.5 Å². The van der Waals surface area contributed by atoms with E-state index in [-0.39, 0.29) is 24.3 Å². The molecule has 1 atom stereocenters. The maximum absolute atomic E-state index is 12.1. The van der Waals surface area contributed by atoms with Gasteiger partial charge in [0, 0.05) is 30.1 Å². The molecule has 136 valence electrons. The summed E-state index contributed by atoms with van der Waals surface area (Å²) < 4.78 is 5.49. The molecule has 6 heteroatoms. The Bertz CT molecular complexity index is 751. The molecule has 2 aromatic rings. The molecule has 0 aromatic heterocycles. The fraction of sp³-hybridized carbons (Fsp3) is 0.300. The summed E-state index contributed by atoms with van der Waals surface area (Å²) in [5.41, 5.74) is 8.40. The summed E-state index contributed by atoms with van der Waals surface area (Å²) in [6, 6.07) is 14.0. The fourth-order valence-electron chi connectivity index (χ4n) is 2.84. The Hall–Kier alpha value is -2.86. The number of anilines is 2. The normalized spacial score (nSPS) is 16.2. The number of nitrogen functional groups attached to an aromatic ring is 1. The van der Waals surface area contributed by atoms with Gasteiger partial charge in [0.15, 0.2) is 0 Å². The molecule has 1 saturated heterocycles. The van der Waals surface area contributed by atoms with E-state index in [0.717, 1.165) is 25.0 Å². The third-order valence-corrected chi connectivity index (χ3v) is 4.29. The maximum atomic E-state index is 12.1. The van der Waals surface area contributed by atoms with E-state index in [1.807, 2.05) is 12.1 Å². The van der Waals surface area contributed by atoms with E-state index in [2.05, 4.69) is 10.6 Å². The van der Waals surface area contributed by atoms with Crippen LogP contribution in [0.1, 0.15) is 28.8 Å². The molecule has 0 aliphatic carbocycles. The zero-order valence-electron chi connectivity index (χ0n) is 14.5. The van der Waals surface area contributed by atoms with Crippen LogP contribution in [-0.4, -0.2) is 31.1 Å². The van der Waals surface area contributed by atoms with Crippen LogP contribution in [0.15, 0.2) is 48.5 Å². The third kappa shape index (κ3) is 5.07. The van der Waals surface area contributed by atoms with E-state index >= 15 is 0 Å². The van der Waals surface area contributed by atoms with Gasteiger partial charge in [-0.05, 0) is 54.8 Å². The highest BCUT2D eigenvalue weighted by atomic mass is 16.5. The second-order valence-electron chi connectivity index (χ2n) is 6.39. The Morgan fingerprint density at radius 2 is 1.81 bits per heavy atom. The molecule has 0 radical (unpaired) electrons. The number of carbonyl (C=O) groups excluding carboxylic acids is 2. The van der Waals surface area contributed by atoms with Crippen molar-refractivity contribution in [2.24, 2.45) is 0 Å². The lowest BCUT2D eigenvalue weighted by molar-refractivity contribution is -0.115. The van der Waals surface area contributed by atoms with Crippen LogP contribution in [0.25, 0.3) is 0 Å². The standard InChI is InChI=1S/C20H23N3O3/c21-16-7-3-14(4-8-16)12-19(24)23-17-9-5-15(6-10-17)20(25)22-13-18-2-1-11-26-18/h3-10,18H,1-2,11-13,21H2,(H,22,25)(H,23,24). The number of nitrogens with one attached hydrogen (secondary N) is 2. The van der Waals surface area contributed by atoms with Gasteiger partial charge in [0.1, 0.15) is 0 Å². The summed E-state index contributed by atoms with van der Waals surface area (Å²) in [7, 11) is 0. The van der Waals surface area contributed by atoms with Crippen molar-refractivity contribution in [2.45, 2.75) is 25.4 Å². The molecule has 1 aliphatic heterocycles. The molecule has 1 fully saturated rings. The average Bonchev–Trinajstić information content (AvgIpc) is 3.16. The van der Waals surface area contributed by atoms with Crippen molar-refractivity contribution in [2.75, 3.05) is 24.2 Å². The van der Waals surface area contributed by atoms with E-state index in [1.165, 1.54) is 0 Å². The van der Waals surface area contributed by atoms with Crippen LogP contribution in [0.4, 0.5) is 11.4 Å². The molecule has 0 bridgehead atoms. The number of hydrogen-bond donors (Lipinski definition) is 3. The Kier molecular flexibility index (Phi) is 5.86. The predicted molar refractivity (Wildman–Crippen MR) is 101 cm³/mol. The number of ether oxygens (including phenoxy) is 1. The molecule has 3 rings (SSSR count). The van der Waals surface area contributed by atoms with Crippen LogP contribution in [0.2, 0.25) is 0 Å². The fourth-order valence-corrected chi connectivity index (χ4v) is 2.84. The lowest BCUT2D eigenvalue weighted by Gasteiger charge is -2.11. The van der Waals surface area contributed by atoms with Crippen molar-refractivity contribution >= 4 is 23.2 Å². The molecule has 4 N–H and O–H groups in total. The largest absolute Gasteiger partial charge is 0.399 e. The van der Waals surface area contributed by atoms with Crippen molar-refractivity contribution < 1.29 is 14.3 Å². The number of carbonyl (C=O) groups is 2. The summed E-state index contributed by atoms with van der Waals surface area (Å²) in [5, 5.41) is 5.70. The molecular weight excluding hydrogens is 330 g/mol. The first-order valence-electron chi connectivity index (χ1n) is 8.74. The highest BCUT2D eigenvalue weighted by molar-refractivity contribution is 5.96. The molecule has 2 aromatic carbocycles. The summed E-state index contributed by atoms with van der Waals surface area (Å²) in [4.78, 5) is 24.2. The van der Waals surface area contributed by atoms with Crippen molar-refractivity contribution in [1.29, 1.82) is 0 Å². The van der Waals surface area contributed by atoms with Crippen LogP contribution in [0, 0.1) is 0 Å². The van der Waals surface area contributed by atoms with Crippen LogP contribution >= 0.6 is 0 Å². The van der Waals surface area contributed by atoms with Crippen LogP contribution < -0.4 is 16.4 Å². The van der Waals surface area contributed by atoms with Crippen molar-refractivity contribution in [3.8, 4) is 0 Å². The monoisotopic (exact) mass is 353 g/mol. The average molecular weight is 353 g/mol. The van der Waals surface area contributed by atoms with Gasteiger partial charge in [0.05, 0.1) is 12.5 Å². The van der Waals surface area contributed by atoms with Gasteiger partial charge in [-0.25, -0.2) is 0 Å². The van der Waals surface area contributed by atoms with E-state index in [9.17, 15) is 9.59 Å². The molecule has 1 heterocycles. The highest BCUT2D eigenvalue weighted by Gasteiger charge is 2.16. The topological polar surface area (TPSA) is 93.5 Å². The van der Waals surface area contributed by atoms with E-state index in [0.29, 0.717) is 23.5 Å². The molecule has 1 aliphatic rings. The zero-order chi connectivity index (χ0) is 18.4. The number of rotatable bonds is 6. The maximum Gasteiger partial charge on any atom is 0.251 e. The summed E-state index contributed by atoms with van der Waals surface area (Å²) in [6.45, 7) is 1.30. The quantitative estimate of drug-likeness (QED) is 0.695. The van der Waals surface area contributed by atoms with Gasteiger partial charge in [-0.1, -0.05) is 12.1 Å². The van der Waals surface area contributed by atoms with Crippen molar-refractivity contribution in [1.82, 2.24) is 5.32 Å². The number of hydrogen-bond acceptors (Lipinski definition) is 4. The van der Waals surface area contributed by atoms with Gasteiger partial charge < -0.3 is 21.1 Å². The molecular formula is C20H23N3O3. The SMILES string of the molecule is Nc1ccc(CC(=O)Nc2ccc(C(=O)NCC3CCCO3)cc2)cc1. The Labute approximate surface area is 152 Å². The molecule has 0 spiro atoms. The Balaban J connectivity index is 1.49. The summed E-state index contributed by atoms with van der Waals surface area (Å²) in [6.07, 6.45) is 2.42. The number of benzene rings is 2. The lowest BCUT2D eigenvalue weighted by Crippen LogP contribution is -2.31. The molecule has 26 heavy (non-hydrogen) atoms.